The van der Waals surface area contributed by atoms with Crippen LogP contribution in [0.5, 0.6) is 0 Å². The maximum Gasteiger partial charge on any atom is 0.124 e. The molecule has 3 rings (SSSR count). The second-order valence-electron chi connectivity index (χ2n) is 4.53. The van der Waals surface area contributed by atoms with Crippen LogP contribution in [0.4, 0.5) is 4.39 Å². The van der Waals surface area contributed by atoms with Crippen LogP contribution < -0.4 is 0 Å². The number of hydrogen-bond donors (Lipinski definition) is 1. The van der Waals surface area contributed by atoms with Gasteiger partial charge in [0.15, 0.2) is 0 Å². The average molecular weight is 236 g/mol. The third kappa shape index (κ3) is 1.39. The van der Waals surface area contributed by atoms with E-state index in [-0.39, 0.29) is 5.82 Å². The van der Waals surface area contributed by atoms with Gasteiger partial charge in [-0.15, -0.1) is 11.3 Å². The molecule has 0 amide bonds. The summed E-state index contributed by atoms with van der Waals surface area (Å²) < 4.78 is 14.0. The van der Waals surface area contributed by atoms with E-state index in [0.29, 0.717) is 5.92 Å². The van der Waals surface area contributed by atoms with Gasteiger partial charge in [-0.3, -0.25) is 0 Å². The Morgan fingerprint density at radius 3 is 3.00 bits per heavy atom. The van der Waals surface area contributed by atoms with Crippen LogP contribution in [0.2, 0.25) is 0 Å². The summed E-state index contributed by atoms with van der Waals surface area (Å²) in [5, 5.41) is 11.4. The smallest absolute Gasteiger partial charge is 0.124 e. The summed E-state index contributed by atoms with van der Waals surface area (Å²) in [6.45, 7) is 2.09. The van der Waals surface area contributed by atoms with Crippen molar-refractivity contribution < 1.29 is 9.50 Å². The molecular formula is C13H13FOS. The number of rotatable bonds is 2. The number of hydrogen-bond acceptors (Lipinski definition) is 2. The molecule has 84 valence electrons. The SMILES string of the molecule is CCC1CC1(O)c1cc2ccc(F)cc2s1. The van der Waals surface area contributed by atoms with Crippen LogP contribution in [0.3, 0.4) is 0 Å². The molecule has 1 aromatic carbocycles. The monoisotopic (exact) mass is 236 g/mol. The highest BCUT2D eigenvalue weighted by Crippen LogP contribution is 2.56. The summed E-state index contributed by atoms with van der Waals surface area (Å²) >= 11 is 1.51. The molecule has 0 aliphatic heterocycles. The largest absolute Gasteiger partial charge is 0.384 e. The fourth-order valence-electron chi connectivity index (χ4n) is 2.32. The van der Waals surface area contributed by atoms with Crippen molar-refractivity contribution in [2.45, 2.75) is 25.4 Å². The van der Waals surface area contributed by atoms with Gasteiger partial charge in [0, 0.05) is 9.58 Å². The Bertz CT molecular complexity index is 548. The maximum absolute atomic E-state index is 13.0. The van der Waals surface area contributed by atoms with Crippen LogP contribution >= 0.6 is 11.3 Å². The van der Waals surface area contributed by atoms with E-state index in [1.165, 1.54) is 23.5 Å². The predicted octanol–water partition coefficient (Wildman–Crippen LogP) is 3.66. The van der Waals surface area contributed by atoms with E-state index in [0.717, 1.165) is 27.8 Å². The van der Waals surface area contributed by atoms with Crippen LogP contribution in [-0.2, 0) is 5.60 Å². The van der Waals surface area contributed by atoms with Crippen LogP contribution in [0.25, 0.3) is 10.1 Å². The fraction of sp³-hybridized carbons (Fsp3) is 0.385. The van der Waals surface area contributed by atoms with E-state index < -0.39 is 5.60 Å². The summed E-state index contributed by atoms with van der Waals surface area (Å²) in [5.41, 5.74) is -0.630. The number of aliphatic hydroxyl groups is 1. The van der Waals surface area contributed by atoms with Gasteiger partial charge in [-0.2, -0.15) is 0 Å². The molecule has 2 atom stereocenters. The van der Waals surface area contributed by atoms with Gasteiger partial charge in [0.25, 0.3) is 0 Å². The Morgan fingerprint density at radius 1 is 1.50 bits per heavy atom. The zero-order valence-electron chi connectivity index (χ0n) is 9.03. The lowest BCUT2D eigenvalue weighted by Gasteiger charge is -2.05. The van der Waals surface area contributed by atoms with E-state index in [9.17, 15) is 9.50 Å². The van der Waals surface area contributed by atoms with Gasteiger partial charge in [0.2, 0.25) is 0 Å². The van der Waals surface area contributed by atoms with Gasteiger partial charge in [-0.05, 0) is 35.9 Å². The molecule has 16 heavy (non-hydrogen) atoms. The Kier molecular flexibility index (Phi) is 2.10. The van der Waals surface area contributed by atoms with Crippen LogP contribution in [-0.4, -0.2) is 5.11 Å². The first kappa shape index (κ1) is 10.2. The molecule has 3 heteroatoms. The molecule has 1 aliphatic rings. The molecule has 2 unspecified atom stereocenters. The Balaban J connectivity index is 2.06. The van der Waals surface area contributed by atoms with Crippen molar-refractivity contribution >= 4 is 21.4 Å². The lowest BCUT2D eigenvalue weighted by Crippen LogP contribution is -2.05. The third-order valence-electron chi connectivity index (χ3n) is 3.47. The van der Waals surface area contributed by atoms with Crippen LogP contribution in [0.15, 0.2) is 24.3 Å². The van der Waals surface area contributed by atoms with E-state index in [1.807, 2.05) is 6.07 Å². The molecule has 1 aliphatic carbocycles. The Labute approximate surface area is 97.5 Å². The molecule has 1 heterocycles. The molecule has 0 bridgehead atoms. The first-order chi connectivity index (χ1) is 7.63. The standard InChI is InChI=1S/C13H13FOS/c1-2-9-7-13(9,15)12-5-8-3-4-10(14)6-11(8)16-12/h3-6,9,15H,2,7H2,1H3. The fourth-order valence-corrected chi connectivity index (χ4v) is 3.58. The molecule has 1 aromatic heterocycles. The Morgan fingerprint density at radius 2 is 2.31 bits per heavy atom. The van der Waals surface area contributed by atoms with Crippen molar-refractivity contribution in [3.05, 3.63) is 35.0 Å². The topological polar surface area (TPSA) is 20.2 Å². The molecule has 1 fully saturated rings. The van der Waals surface area contributed by atoms with E-state index >= 15 is 0 Å². The summed E-state index contributed by atoms with van der Waals surface area (Å²) in [6, 6.07) is 6.77. The normalized spacial score (nSPS) is 28.6. The number of benzene rings is 1. The van der Waals surface area contributed by atoms with Crippen molar-refractivity contribution in [2.75, 3.05) is 0 Å². The van der Waals surface area contributed by atoms with Gasteiger partial charge in [-0.1, -0.05) is 19.4 Å². The molecule has 0 radical (unpaired) electrons. The molecule has 2 aromatic rings. The predicted molar refractivity (Wildman–Crippen MR) is 64.1 cm³/mol. The molecule has 0 saturated heterocycles. The molecule has 0 spiro atoms. The van der Waals surface area contributed by atoms with Crippen molar-refractivity contribution in [1.82, 2.24) is 0 Å². The molecular weight excluding hydrogens is 223 g/mol. The van der Waals surface area contributed by atoms with Gasteiger partial charge in [-0.25, -0.2) is 4.39 Å². The van der Waals surface area contributed by atoms with Crippen molar-refractivity contribution in [3.8, 4) is 0 Å². The van der Waals surface area contributed by atoms with Crippen molar-refractivity contribution in [1.29, 1.82) is 0 Å². The minimum atomic E-state index is -0.630. The molecule has 1 saturated carbocycles. The summed E-state index contributed by atoms with van der Waals surface area (Å²) in [7, 11) is 0. The zero-order valence-corrected chi connectivity index (χ0v) is 9.85. The number of thiophene rings is 1. The molecule has 1 nitrogen and oxygen atoms in total. The van der Waals surface area contributed by atoms with Crippen LogP contribution in [0, 0.1) is 11.7 Å². The lowest BCUT2D eigenvalue weighted by molar-refractivity contribution is 0.134. The summed E-state index contributed by atoms with van der Waals surface area (Å²) in [5.74, 6) is 0.168. The van der Waals surface area contributed by atoms with Gasteiger partial charge < -0.3 is 5.11 Å². The second kappa shape index (κ2) is 3.28. The van der Waals surface area contributed by atoms with E-state index in [1.54, 1.807) is 6.07 Å². The van der Waals surface area contributed by atoms with Gasteiger partial charge in [0.1, 0.15) is 11.4 Å². The van der Waals surface area contributed by atoms with Gasteiger partial charge >= 0.3 is 0 Å². The summed E-state index contributed by atoms with van der Waals surface area (Å²) in [6.07, 6.45) is 1.85. The third-order valence-corrected chi connectivity index (χ3v) is 4.74. The minimum Gasteiger partial charge on any atom is -0.384 e. The number of halogens is 1. The summed E-state index contributed by atoms with van der Waals surface area (Å²) in [4.78, 5) is 0.986. The van der Waals surface area contributed by atoms with E-state index in [4.69, 9.17) is 0 Å². The lowest BCUT2D eigenvalue weighted by atomic mass is 10.1. The maximum atomic E-state index is 13.0. The Hall–Kier alpha value is -0.930. The van der Waals surface area contributed by atoms with Crippen molar-refractivity contribution in [3.63, 3.8) is 0 Å². The average Bonchev–Trinajstić information content (AvgIpc) is 2.76. The quantitative estimate of drug-likeness (QED) is 0.843. The van der Waals surface area contributed by atoms with E-state index in [2.05, 4.69) is 6.92 Å². The number of fused-ring (bicyclic) bond motifs is 1. The first-order valence-electron chi connectivity index (χ1n) is 5.55. The first-order valence-corrected chi connectivity index (χ1v) is 6.37. The van der Waals surface area contributed by atoms with Gasteiger partial charge in [0.05, 0.1) is 0 Å². The minimum absolute atomic E-state index is 0.212. The van der Waals surface area contributed by atoms with Crippen molar-refractivity contribution in [2.24, 2.45) is 5.92 Å². The highest BCUT2D eigenvalue weighted by molar-refractivity contribution is 7.19. The zero-order chi connectivity index (χ0) is 11.3. The highest BCUT2D eigenvalue weighted by atomic mass is 32.1. The second-order valence-corrected chi connectivity index (χ2v) is 5.61. The highest BCUT2D eigenvalue weighted by Gasteiger charge is 2.53. The molecule has 1 N–H and O–H groups in total. The van der Waals surface area contributed by atoms with Crippen LogP contribution in [0.1, 0.15) is 24.6 Å².